The van der Waals surface area contributed by atoms with Crippen molar-refractivity contribution < 1.29 is 4.42 Å². The molecular weight excluding hydrogens is 248 g/mol. The zero-order valence-electron chi connectivity index (χ0n) is 11.8. The molecule has 0 radical (unpaired) electrons. The Morgan fingerprint density at radius 3 is 2.70 bits per heavy atom. The predicted molar refractivity (Wildman–Crippen MR) is 82.0 cm³/mol. The Labute approximate surface area is 118 Å². The van der Waals surface area contributed by atoms with Gasteiger partial charge in [0.25, 0.3) is 0 Å². The van der Waals surface area contributed by atoms with Gasteiger partial charge in [-0.05, 0) is 17.7 Å². The van der Waals surface area contributed by atoms with Gasteiger partial charge in [-0.2, -0.15) is 0 Å². The van der Waals surface area contributed by atoms with Crippen LogP contribution in [0.3, 0.4) is 0 Å². The third-order valence-electron chi connectivity index (χ3n) is 3.63. The molecular formula is C17H18N2O. The van der Waals surface area contributed by atoms with E-state index in [9.17, 15) is 0 Å². The van der Waals surface area contributed by atoms with Gasteiger partial charge >= 0.3 is 0 Å². The van der Waals surface area contributed by atoms with E-state index in [0.29, 0.717) is 0 Å². The van der Waals surface area contributed by atoms with Crippen LogP contribution in [0.25, 0.3) is 11.0 Å². The molecule has 20 heavy (non-hydrogen) atoms. The molecule has 3 nitrogen and oxygen atoms in total. The standard InChI is InChI=1S/C17H18N2O/c1-17(2,13-6-4-3-5-7-13)12-19-16-14-9-11-20-15(14)8-10-18-16/h3-11H,12H2,1-2H3,(H,18,19). The second-order valence-corrected chi connectivity index (χ2v) is 5.60. The number of benzene rings is 1. The zero-order chi connectivity index (χ0) is 14.0. The smallest absolute Gasteiger partial charge is 0.139 e. The maximum Gasteiger partial charge on any atom is 0.139 e. The Balaban J connectivity index is 1.81. The molecule has 0 saturated heterocycles. The molecule has 2 heterocycles. The second kappa shape index (κ2) is 5.00. The molecule has 102 valence electrons. The summed E-state index contributed by atoms with van der Waals surface area (Å²) in [7, 11) is 0. The van der Waals surface area contributed by atoms with Gasteiger partial charge in [-0.15, -0.1) is 0 Å². The van der Waals surface area contributed by atoms with Gasteiger partial charge in [0.1, 0.15) is 11.4 Å². The van der Waals surface area contributed by atoms with Crippen molar-refractivity contribution in [2.24, 2.45) is 0 Å². The SMILES string of the molecule is CC(C)(CNc1nccc2occc12)c1ccccc1. The largest absolute Gasteiger partial charge is 0.464 e. The summed E-state index contributed by atoms with van der Waals surface area (Å²) < 4.78 is 5.40. The Bertz CT molecular complexity index is 701. The van der Waals surface area contributed by atoms with E-state index >= 15 is 0 Å². The van der Waals surface area contributed by atoms with E-state index in [0.717, 1.165) is 23.3 Å². The van der Waals surface area contributed by atoms with Gasteiger partial charge in [-0.25, -0.2) is 4.98 Å². The second-order valence-electron chi connectivity index (χ2n) is 5.60. The van der Waals surface area contributed by atoms with Crippen molar-refractivity contribution in [3.8, 4) is 0 Å². The van der Waals surface area contributed by atoms with Crippen LogP contribution in [0.15, 0.2) is 59.3 Å². The lowest BCUT2D eigenvalue weighted by atomic mass is 9.84. The van der Waals surface area contributed by atoms with Gasteiger partial charge in [0.15, 0.2) is 0 Å². The first kappa shape index (κ1) is 12.7. The summed E-state index contributed by atoms with van der Waals surface area (Å²) in [5.74, 6) is 0.875. The first-order chi connectivity index (χ1) is 9.67. The maximum atomic E-state index is 5.40. The van der Waals surface area contributed by atoms with E-state index in [1.54, 1.807) is 12.5 Å². The van der Waals surface area contributed by atoms with Gasteiger partial charge in [-0.3, -0.25) is 0 Å². The van der Waals surface area contributed by atoms with Gasteiger partial charge in [-0.1, -0.05) is 44.2 Å². The van der Waals surface area contributed by atoms with E-state index in [4.69, 9.17) is 4.42 Å². The quantitative estimate of drug-likeness (QED) is 0.768. The van der Waals surface area contributed by atoms with Crippen LogP contribution < -0.4 is 5.32 Å². The fraction of sp³-hybridized carbons (Fsp3) is 0.235. The van der Waals surface area contributed by atoms with Crippen LogP contribution in [0.2, 0.25) is 0 Å². The van der Waals surface area contributed by atoms with Crippen LogP contribution in [0.5, 0.6) is 0 Å². The van der Waals surface area contributed by atoms with E-state index < -0.39 is 0 Å². The van der Waals surface area contributed by atoms with Crippen molar-refractivity contribution in [1.29, 1.82) is 0 Å². The highest BCUT2D eigenvalue weighted by molar-refractivity contribution is 5.87. The molecule has 0 atom stereocenters. The molecule has 3 heteroatoms. The summed E-state index contributed by atoms with van der Waals surface area (Å²) >= 11 is 0. The molecule has 0 fully saturated rings. The summed E-state index contributed by atoms with van der Waals surface area (Å²) in [6.45, 7) is 5.27. The van der Waals surface area contributed by atoms with E-state index in [2.05, 4.69) is 48.4 Å². The van der Waals surface area contributed by atoms with Crippen molar-refractivity contribution >= 4 is 16.8 Å². The van der Waals surface area contributed by atoms with Crippen LogP contribution in [-0.2, 0) is 5.41 Å². The Morgan fingerprint density at radius 1 is 1.10 bits per heavy atom. The Kier molecular flexibility index (Phi) is 3.18. The Morgan fingerprint density at radius 2 is 1.90 bits per heavy atom. The normalized spacial score (nSPS) is 11.7. The number of fused-ring (bicyclic) bond motifs is 1. The summed E-state index contributed by atoms with van der Waals surface area (Å²) in [4.78, 5) is 4.40. The highest BCUT2D eigenvalue weighted by Gasteiger charge is 2.20. The van der Waals surface area contributed by atoms with Gasteiger partial charge in [0.2, 0.25) is 0 Å². The third-order valence-corrected chi connectivity index (χ3v) is 3.63. The zero-order valence-corrected chi connectivity index (χ0v) is 11.8. The van der Waals surface area contributed by atoms with Crippen molar-refractivity contribution in [3.05, 3.63) is 60.5 Å². The number of furan rings is 1. The number of anilines is 1. The summed E-state index contributed by atoms with van der Waals surface area (Å²) in [6.07, 6.45) is 3.46. The number of hydrogen-bond donors (Lipinski definition) is 1. The topological polar surface area (TPSA) is 38.1 Å². The molecule has 0 amide bonds. The molecule has 0 bridgehead atoms. The van der Waals surface area contributed by atoms with Crippen LogP contribution in [-0.4, -0.2) is 11.5 Å². The molecule has 1 N–H and O–H groups in total. The van der Waals surface area contributed by atoms with E-state index in [-0.39, 0.29) is 5.41 Å². The molecule has 0 aliphatic rings. The van der Waals surface area contributed by atoms with Gasteiger partial charge in [0.05, 0.1) is 11.6 Å². The van der Waals surface area contributed by atoms with E-state index in [1.807, 2.05) is 18.2 Å². The van der Waals surface area contributed by atoms with Crippen LogP contribution in [0, 0.1) is 0 Å². The van der Waals surface area contributed by atoms with E-state index in [1.165, 1.54) is 5.56 Å². The van der Waals surface area contributed by atoms with Crippen molar-refractivity contribution in [1.82, 2.24) is 4.98 Å². The van der Waals surface area contributed by atoms with Crippen LogP contribution >= 0.6 is 0 Å². The van der Waals surface area contributed by atoms with Crippen LogP contribution in [0.1, 0.15) is 19.4 Å². The molecule has 0 aliphatic heterocycles. The monoisotopic (exact) mass is 266 g/mol. The van der Waals surface area contributed by atoms with Crippen molar-refractivity contribution in [2.45, 2.75) is 19.3 Å². The maximum absolute atomic E-state index is 5.40. The lowest BCUT2D eigenvalue weighted by Crippen LogP contribution is -2.27. The van der Waals surface area contributed by atoms with Gasteiger partial charge in [0, 0.05) is 18.2 Å². The highest BCUT2D eigenvalue weighted by atomic mass is 16.3. The summed E-state index contributed by atoms with van der Waals surface area (Å²) in [5.41, 5.74) is 2.21. The third kappa shape index (κ3) is 2.39. The first-order valence-corrected chi connectivity index (χ1v) is 6.78. The average Bonchev–Trinajstić information content (AvgIpc) is 2.95. The van der Waals surface area contributed by atoms with Gasteiger partial charge < -0.3 is 9.73 Å². The molecule has 3 aromatic rings. The van der Waals surface area contributed by atoms with Crippen LogP contribution in [0.4, 0.5) is 5.82 Å². The molecule has 0 unspecified atom stereocenters. The molecule has 1 aromatic carbocycles. The minimum Gasteiger partial charge on any atom is -0.464 e. The number of aromatic nitrogens is 1. The molecule has 3 rings (SSSR count). The molecule has 2 aromatic heterocycles. The number of nitrogens with one attached hydrogen (secondary N) is 1. The number of pyridine rings is 1. The fourth-order valence-corrected chi connectivity index (χ4v) is 2.33. The first-order valence-electron chi connectivity index (χ1n) is 6.78. The van der Waals surface area contributed by atoms with Crippen molar-refractivity contribution in [2.75, 3.05) is 11.9 Å². The molecule has 0 aliphatic carbocycles. The lowest BCUT2D eigenvalue weighted by molar-refractivity contribution is 0.556. The number of nitrogens with zero attached hydrogens (tertiary/aromatic N) is 1. The Hall–Kier alpha value is -2.29. The summed E-state index contributed by atoms with van der Waals surface area (Å²) in [5, 5.41) is 4.47. The lowest BCUT2D eigenvalue weighted by Gasteiger charge is -2.26. The predicted octanol–water partition coefficient (Wildman–Crippen LogP) is 4.22. The minimum atomic E-state index is 0.0365. The number of hydrogen-bond acceptors (Lipinski definition) is 3. The van der Waals surface area contributed by atoms with Crippen molar-refractivity contribution in [3.63, 3.8) is 0 Å². The summed E-state index contributed by atoms with van der Waals surface area (Å²) in [6, 6.07) is 14.3. The average molecular weight is 266 g/mol. The highest BCUT2D eigenvalue weighted by Crippen LogP contribution is 2.26. The number of rotatable bonds is 4. The minimum absolute atomic E-state index is 0.0365. The molecule has 0 spiro atoms. The molecule has 0 saturated carbocycles. The fourth-order valence-electron chi connectivity index (χ4n) is 2.33.